The molecule has 194 valence electrons. The standard InChI is InChI=1S/C23H32N2O10/c1-5-31-20(28)16-33-21(29)23(2,3)35-19(27)14-25(4)11-12-32-18(26)13-24-22(30)34-15-17-9-7-6-8-10-17/h6-10H,5,11-16H2,1-4H3,(H,24,30). The summed E-state index contributed by atoms with van der Waals surface area (Å²) in [5.41, 5.74) is -0.804. The average Bonchev–Trinajstić information content (AvgIpc) is 2.80. The van der Waals surface area contributed by atoms with Gasteiger partial charge in [0.2, 0.25) is 5.60 Å². The molecule has 0 heterocycles. The third-order valence-electron chi connectivity index (χ3n) is 4.21. The maximum absolute atomic E-state index is 12.1. The number of alkyl carbamates (subject to hydrolysis) is 1. The second-order valence-corrected chi connectivity index (χ2v) is 7.74. The average molecular weight is 497 g/mol. The van der Waals surface area contributed by atoms with E-state index in [1.54, 1.807) is 26.1 Å². The summed E-state index contributed by atoms with van der Waals surface area (Å²) in [5, 5.41) is 2.29. The van der Waals surface area contributed by atoms with Crippen molar-refractivity contribution in [2.24, 2.45) is 0 Å². The minimum atomic E-state index is -1.61. The molecule has 0 fully saturated rings. The van der Waals surface area contributed by atoms with Crippen molar-refractivity contribution in [3.8, 4) is 0 Å². The molecule has 0 saturated carbocycles. The first-order valence-electron chi connectivity index (χ1n) is 10.9. The summed E-state index contributed by atoms with van der Waals surface area (Å²) in [5.74, 6) is -3.01. The van der Waals surface area contributed by atoms with E-state index in [-0.39, 0.29) is 39.5 Å². The smallest absolute Gasteiger partial charge is 0.407 e. The SMILES string of the molecule is CCOC(=O)COC(=O)C(C)(C)OC(=O)CN(C)CCOC(=O)CNC(=O)OCc1ccccc1. The molecular weight excluding hydrogens is 464 g/mol. The van der Waals surface area contributed by atoms with Gasteiger partial charge in [-0.1, -0.05) is 30.3 Å². The molecule has 1 aromatic carbocycles. The molecule has 0 unspecified atom stereocenters. The fourth-order valence-corrected chi connectivity index (χ4v) is 2.44. The molecule has 35 heavy (non-hydrogen) atoms. The maximum atomic E-state index is 12.1. The minimum absolute atomic E-state index is 0.0473. The van der Waals surface area contributed by atoms with Gasteiger partial charge in [0.1, 0.15) is 19.8 Å². The zero-order valence-corrected chi connectivity index (χ0v) is 20.4. The van der Waals surface area contributed by atoms with Crippen LogP contribution in [0.5, 0.6) is 0 Å². The van der Waals surface area contributed by atoms with E-state index in [4.69, 9.17) is 18.9 Å². The lowest BCUT2D eigenvalue weighted by atomic mass is 10.1. The van der Waals surface area contributed by atoms with E-state index in [2.05, 4.69) is 10.1 Å². The van der Waals surface area contributed by atoms with E-state index in [0.29, 0.717) is 0 Å². The number of hydrogen-bond donors (Lipinski definition) is 1. The van der Waals surface area contributed by atoms with Gasteiger partial charge >= 0.3 is 30.0 Å². The number of hydrogen-bond acceptors (Lipinski definition) is 11. The molecule has 12 nitrogen and oxygen atoms in total. The molecule has 1 rings (SSSR count). The third-order valence-corrected chi connectivity index (χ3v) is 4.21. The number of carbonyl (C=O) groups excluding carboxylic acids is 5. The Balaban J connectivity index is 2.22. The second-order valence-electron chi connectivity index (χ2n) is 7.74. The number of nitrogens with one attached hydrogen (secondary N) is 1. The molecule has 1 N–H and O–H groups in total. The fourth-order valence-electron chi connectivity index (χ4n) is 2.44. The van der Waals surface area contributed by atoms with E-state index in [1.807, 2.05) is 18.2 Å². The van der Waals surface area contributed by atoms with Gasteiger partial charge in [-0.3, -0.25) is 14.5 Å². The van der Waals surface area contributed by atoms with Crippen molar-refractivity contribution in [2.75, 3.05) is 46.5 Å². The van der Waals surface area contributed by atoms with Gasteiger partial charge in [0.15, 0.2) is 6.61 Å². The summed E-state index contributed by atoms with van der Waals surface area (Å²) in [7, 11) is 1.58. The van der Waals surface area contributed by atoms with Gasteiger partial charge in [0.05, 0.1) is 13.2 Å². The van der Waals surface area contributed by atoms with E-state index < -0.39 is 42.2 Å². The molecule has 0 aromatic heterocycles. The van der Waals surface area contributed by atoms with Crippen LogP contribution in [0, 0.1) is 0 Å². The number of nitrogens with zero attached hydrogens (tertiary/aromatic N) is 1. The van der Waals surface area contributed by atoms with Crippen LogP contribution in [0.15, 0.2) is 30.3 Å². The Morgan fingerprint density at radius 3 is 2.26 bits per heavy atom. The van der Waals surface area contributed by atoms with Crippen LogP contribution >= 0.6 is 0 Å². The van der Waals surface area contributed by atoms with Gasteiger partial charge in [-0.2, -0.15) is 0 Å². The van der Waals surface area contributed by atoms with Crippen LogP contribution in [0.1, 0.15) is 26.3 Å². The van der Waals surface area contributed by atoms with Gasteiger partial charge in [0, 0.05) is 6.54 Å². The normalized spacial score (nSPS) is 10.8. The molecule has 1 aromatic rings. The first-order valence-corrected chi connectivity index (χ1v) is 10.9. The van der Waals surface area contributed by atoms with Crippen molar-refractivity contribution in [3.05, 3.63) is 35.9 Å². The first-order chi connectivity index (χ1) is 16.5. The van der Waals surface area contributed by atoms with Crippen LogP contribution in [-0.2, 0) is 49.5 Å². The molecule has 0 atom stereocenters. The van der Waals surface area contributed by atoms with Crippen LogP contribution in [0.25, 0.3) is 0 Å². The number of benzene rings is 1. The highest BCUT2D eigenvalue weighted by molar-refractivity contribution is 5.85. The van der Waals surface area contributed by atoms with Gasteiger partial charge in [-0.05, 0) is 33.4 Å². The Hall–Kier alpha value is -3.67. The van der Waals surface area contributed by atoms with Crippen molar-refractivity contribution in [1.82, 2.24) is 10.2 Å². The Morgan fingerprint density at radius 1 is 0.914 bits per heavy atom. The van der Waals surface area contributed by atoms with E-state index in [0.717, 1.165) is 5.56 Å². The van der Waals surface area contributed by atoms with Crippen LogP contribution in [-0.4, -0.2) is 87.0 Å². The van der Waals surface area contributed by atoms with Crippen molar-refractivity contribution in [1.29, 1.82) is 0 Å². The second kappa shape index (κ2) is 15.3. The molecule has 0 aliphatic carbocycles. The predicted octanol–water partition coefficient (Wildman–Crippen LogP) is 0.816. The van der Waals surface area contributed by atoms with Crippen LogP contribution < -0.4 is 5.32 Å². The van der Waals surface area contributed by atoms with Crippen molar-refractivity contribution >= 4 is 30.0 Å². The Bertz CT molecular complexity index is 857. The van der Waals surface area contributed by atoms with Crippen molar-refractivity contribution in [2.45, 2.75) is 33.0 Å². The number of carbonyl (C=O) groups is 5. The van der Waals surface area contributed by atoms with Crippen LogP contribution in [0.4, 0.5) is 4.79 Å². The predicted molar refractivity (Wildman–Crippen MR) is 121 cm³/mol. The quantitative estimate of drug-likeness (QED) is 0.288. The topological polar surface area (TPSA) is 147 Å². The van der Waals surface area contributed by atoms with E-state index in [9.17, 15) is 24.0 Å². The van der Waals surface area contributed by atoms with Crippen LogP contribution in [0.2, 0.25) is 0 Å². The first kappa shape index (κ1) is 29.4. The number of esters is 4. The molecule has 0 bridgehead atoms. The summed E-state index contributed by atoms with van der Waals surface area (Å²) in [6.45, 7) is 3.48. The van der Waals surface area contributed by atoms with Crippen molar-refractivity contribution < 1.29 is 47.7 Å². The van der Waals surface area contributed by atoms with E-state index >= 15 is 0 Å². The Kier molecular flexibility index (Phi) is 12.8. The number of ether oxygens (including phenoxy) is 5. The molecule has 0 radical (unpaired) electrons. The number of likely N-dealkylation sites (N-methyl/N-ethyl adjacent to an activating group) is 1. The molecular formula is C23H32N2O10. The highest BCUT2D eigenvalue weighted by atomic mass is 16.6. The zero-order chi connectivity index (χ0) is 26.3. The summed E-state index contributed by atoms with van der Waals surface area (Å²) in [4.78, 5) is 60.3. The minimum Gasteiger partial charge on any atom is -0.463 e. The third kappa shape index (κ3) is 13.0. The summed E-state index contributed by atoms with van der Waals surface area (Å²) in [6.07, 6.45) is -0.755. The molecule has 0 aliphatic heterocycles. The summed E-state index contributed by atoms with van der Waals surface area (Å²) >= 11 is 0. The lowest BCUT2D eigenvalue weighted by molar-refractivity contribution is -0.181. The van der Waals surface area contributed by atoms with Crippen molar-refractivity contribution in [3.63, 3.8) is 0 Å². The van der Waals surface area contributed by atoms with Crippen LogP contribution in [0.3, 0.4) is 0 Å². The Morgan fingerprint density at radius 2 is 1.60 bits per heavy atom. The number of amides is 1. The fraction of sp³-hybridized carbons (Fsp3) is 0.522. The lowest BCUT2D eigenvalue weighted by Crippen LogP contribution is -2.42. The zero-order valence-electron chi connectivity index (χ0n) is 20.4. The Labute approximate surface area is 203 Å². The highest BCUT2D eigenvalue weighted by Gasteiger charge is 2.34. The molecule has 12 heteroatoms. The molecule has 1 amide bonds. The maximum Gasteiger partial charge on any atom is 0.407 e. The molecule has 0 aliphatic rings. The summed E-state index contributed by atoms with van der Waals surface area (Å²) < 4.78 is 24.6. The largest absolute Gasteiger partial charge is 0.463 e. The monoisotopic (exact) mass is 496 g/mol. The van der Waals surface area contributed by atoms with E-state index in [1.165, 1.54) is 18.7 Å². The van der Waals surface area contributed by atoms with Gasteiger partial charge in [-0.25, -0.2) is 14.4 Å². The number of rotatable bonds is 14. The summed E-state index contributed by atoms with van der Waals surface area (Å²) in [6, 6.07) is 9.06. The van der Waals surface area contributed by atoms with Gasteiger partial charge < -0.3 is 29.0 Å². The van der Waals surface area contributed by atoms with Gasteiger partial charge in [-0.15, -0.1) is 0 Å². The molecule has 0 saturated heterocycles. The lowest BCUT2D eigenvalue weighted by Gasteiger charge is -2.24. The molecule has 0 spiro atoms. The highest BCUT2D eigenvalue weighted by Crippen LogP contribution is 2.12. The van der Waals surface area contributed by atoms with Gasteiger partial charge in [0.25, 0.3) is 0 Å².